The molecule has 0 bridgehead atoms. The van der Waals surface area contributed by atoms with Gasteiger partial charge in [0.25, 0.3) is 5.91 Å². The van der Waals surface area contributed by atoms with E-state index in [0.29, 0.717) is 27.2 Å². The van der Waals surface area contributed by atoms with Crippen LogP contribution in [0.4, 0.5) is 5.69 Å². The highest BCUT2D eigenvalue weighted by Crippen LogP contribution is 2.25. The number of thiophene rings is 1. The highest BCUT2D eigenvalue weighted by Gasteiger charge is 2.16. The zero-order valence-electron chi connectivity index (χ0n) is 10.5. The average Bonchev–Trinajstić information content (AvgIpc) is 2.90. The van der Waals surface area contributed by atoms with Crippen molar-refractivity contribution in [3.05, 3.63) is 52.1 Å². The van der Waals surface area contributed by atoms with Gasteiger partial charge in [-0.15, -0.1) is 11.3 Å². The molecule has 0 atom stereocenters. The van der Waals surface area contributed by atoms with E-state index in [2.05, 4.69) is 15.3 Å². The number of carbonyl (C=O) groups excluding carboxylic acids is 1. The SMILES string of the molecule is N#Cc1ccccc1NC(=O)c1csc2ncc(Cl)nc12. The molecule has 0 aliphatic carbocycles. The molecular formula is C14H7ClN4OS. The van der Waals surface area contributed by atoms with Gasteiger partial charge in [-0.2, -0.15) is 5.26 Å². The molecule has 21 heavy (non-hydrogen) atoms. The third-order valence-electron chi connectivity index (χ3n) is 2.79. The molecule has 0 radical (unpaired) electrons. The molecule has 0 saturated heterocycles. The van der Waals surface area contributed by atoms with Crippen LogP contribution in [0.15, 0.2) is 35.8 Å². The molecule has 0 aliphatic rings. The summed E-state index contributed by atoms with van der Waals surface area (Å²) in [6.07, 6.45) is 1.44. The molecule has 2 aromatic heterocycles. The quantitative estimate of drug-likeness (QED) is 0.785. The van der Waals surface area contributed by atoms with Crippen LogP contribution in [-0.2, 0) is 0 Å². The van der Waals surface area contributed by atoms with E-state index >= 15 is 0 Å². The Morgan fingerprint density at radius 3 is 3.00 bits per heavy atom. The van der Waals surface area contributed by atoms with Gasteiger partial charge in [0.15, 0.2) is 0 Å². The number of aromatic nitrogens is 2. The number of carbonyl (C=O) groups is 1. The normalized spacial score (nSPS) is 10.3. The Balaban J connectivity index is 1.98. The molecule has 102 valence electrons. The van der Waals surface area contributed by atoms with Crippen LogP contribution in [0.3, 0.4) is 0 Å². The maximum Gasteiger partial charge on any atom is 0.258 e. The van der Waals surface area contributed by atoms with Gasteiger partial charge < -0.3 is 5.32 Å². The number of nitrogens with zero attached hydrogens (tertiary/aromatic N) is 3. The average molecular weight is 315 g/mol. The summed E-state index contributed by atoms with van der Waals surface area (Å²) in [5.41, 5.74) is 1.70. The molecule has 1 aromatic carbocycles. The topological polar surface area (TPSA) is 78.7 Å². The highest BCUT2D eigenvalue weighted by atomic mass is 35.5. The lowest BCUT2D eigenvalue weighted by Gasteiger charge is -2.05. The number of fused-ring (bicyclic) bond motifs is 1. The minimum Gasteiger partial charge on any atom is -0.321 e. The second kappa shape index (κ2) is 5.48. The fourth-order valence-electron chi connectivity index (χ4n) is 1.83. The summed E-state index contributed by atoms with van der Waals surface area (Å²) in [5, 5.41) is 13.6. The molecule has 1 N–H and O–H groups in total. The number of rotatable bonds is 2. The molecule has 0 unspecified atom stereocenters. The fraction of sp³-hybridized carbons (Fsp3) is 0. The second-order valence-corrected chi connectivity index (χ2v) is 5.35. The van der Waals surface area contributed by atoms with Crippen molar-refractivity contribution in [3.63, 3.8) is 0 Å². The Morgan fingerprint density at radius 2 is 2.19 bits per heavy atom. The Kier molecular flexibility index (Phi) is 3.52. The molecule has 2 heterocycles. The van der Waals surface area contributed by atoms with Crippen LogP contribution in [0.5, 0.6) is 0 Å². The third-order valence-corrected chi connectivity index (χ3v) is 3.85. The van der Waals surface area contributed by atoms with E-state index in [1.54, 1.807) is 29.6 Å². The number of halogens is 1. The molecule has 0 saturated carbocycles. The summed E-state index contributed by atoms with van der Waals surface area (Å²) < 4.78 is 0. The standard InChI is InChI=1S/C14H7ClN4OS/c15-11-6-17-14-12(19-11)9(7-21-14)13(20)18-10-4-2-1-3-8(10)5-16/h1-4,6-7H,(H,18,20). The molecule has 0 aliphatic heterocycles. The zero-order valence-corrected chi connectivity index (χ0v) is 12.1. The third kappa shape index (κ3) is 2.57. The van der Waals surface area contributed by atoms with Gasteiger partial charge in [-0.05, 0) is 12.1 Å². The van der Waals surface area contributed by atoms with Crippen molar-refractivity contribution in [3.8, 4) is 6.07 Å². The van der Waals surface area contributed by atoms with Gasteiger partial charge in [0.1, 0.15) is 21.6 Å². The first-order valence-corrected chi connectivity index (χ1v) is 7.15. The Morgan fingerprint density at radius 1 is 1.38 bits per heavy atom. The maximum atomic E-state index is 12.3. The van der Waals surface area contributed by atoms with Crippen molar-refractivity contribution in [2.24, 2.45) is 0 Å². The van der Waals surface area contributed by atoms with Crippen LogP contribution in [-0.4, -0.2) is 15.9 Å². The minimum absolute atomic E-state index is 0.229. The monoisotopic (exact) mass is 314 g/mol. The van der Waals surface area contributed by atoms with Crippen molar-refractivity contribution >= 4 is 44.9 Å². The number of hydrogen-bond acceptors (Lipinski definition) is 5. The van der Waals surface area contributed by atoms with E-state index in [9.17, 15) is 4.79 Å². The highest BCUT2D eigenvalue weighted by molar-refractivity contribution is 7.17. The van der Waals surface area contributed by atoms with Crippen molar-refractivity contribution < 1.29 is 4.79 Å². The molecule has 3 rings (SSSR count). The van der Waals surface area contributed by atoms with Crippen LogP contribution < -0.4 is 5.32 Å². The molecule has 0 spiro atoms. The molecular weight excluding hydrogens is 308 g/mol. The minimum atomic E-state index is -0.347. The van der Waals surface area contributed by atoms with E-state index in [0.717, 1.165) is 0 Å². The first-order chi connectivity index (χ1) is 10.2. The van der Waals surface area contributed by atoms with E-state index in [-0.39, 0.29) is 11.1 Å². The smallest absolute Gasteiger partial charge is 0.258 e. The number of para-hydroxylation sites is 1. The van der Waals surface area contributed by atoms with Gasteiger partial charge in [-0.1, -0.05) is 23.7 Å². The van der Waals surface area contributed by atoms with Crippen LogP contribution in [0.25, 0.3) is 10.3 Å². The zero-order chi connectivity index (χ0) is 14.8. The fourth-order valence-corrected chi connectivity index (χ4v) is 2.79. The van der Waals surface area contributed by atoms with E-state index < -0.39 is 0 Å². The summed E-state index contributed by atoms with van der Waals surface area (Å²) in [6.45, 7) is 0. The first kappa shape index (κ1) is 13.5. The van der Waals surface area contributed by atoms with Gasteiger partial charge in [0, 0.05) is 5.38 Å². The second-order valence-electron chi connectivity index (χ2n) is 4.11. The number of nitriles is 1. The molecule has 1 amide bonds. The predicted octanol–water partition coefficient (Wildman–Crippen LogP) is 3.47. The van der Waals surface area contributed by atoms with Crippen LogP contribution in [0.1, 0.15) is 15.9 Å². The van der Waals surface area contributed by atoms with Crippen molar-refractivity contribution in [1.82, 2.24) is 9.97 Å². The first-order valence-electron chi connectivity index (χ1n) is 5.89. The van der Waals surface area contributed by atoms with Gasteiger partial charge in [0.2, 0.25) is 0 Å². The Labute approximate surface area is 128 Å². The van der Waals surface area contributed by atoms with Gasteiger partial charge in [-0.3, -0.25) is 4.79 Å². The lowest BCUT2D eigenvalue weighted by atomic mass is 10.2. The van der Waals surface area contributed by atoms with Crippen molar-refractivity contribution in [2.75, 3.05) is 5.32 Å². The Bertz CT molecular complexity index is 884. The summed E-state index contributed by atoms with van der Waals surface area (Å²) in [4.78, 5) is 21.2. The summed E-state index contributed by atoms with van der Waals surface area (Å²) in [7, 11) is 0. The number of hydrogen-bond donors (Lipinski definition) is 1. The number of anilines is 1. The molecule has 0 fully saturated rings. The van der Waals surface area contributed by atoms with Crippen LogP contribution in [0, 0.1) is 11.3 Å². The summed E-state index contributed by atoms with van der Waals surface area (Å²) in [6, 6.07) is 8.82. The van der Waals surface area contributed by atoms with Crippen molar-refractivity contribution in [2.45, 2.75) is 0 Å². The molecule has 5 nitrogen and oxygen atoms in total. The van der Waals surface area contributed by atoms with E-state index in [4.69, 9.17) is 16.9 Å². The molecule has 7 heteroatoms. The largest absolute Gasteiger partial charge is 0.321 e. The summed E-state index contributed by atoms with van der Waals surface area (Å²) in [5.74, 6) is -0.347. The summed E-state index contributed by atoms with van der Waals surface area (Å²) >= 11 is 7.13. The number of amides is 1. The lowest BCUT2D eigenvalue weighted by molar-refractivity contribution is 0.102. The van der Waals surface area contributed by atoms with E-state index in [1.807, 2.05) is 6.07 Å². The molecule has 3 aromatic rings. The maximum absolute atomic E-state index is 12.3. The lowest BCUT2D eigenvalue weighted by Crippen LogP contribution is -2.12. The van der Waals surface area contributed by atoms with Crippen LogP contribution in [0.2, 0.25) is 5.15 Å². The number of benzene rings is 1. The van der Waals surface area contributed by atoms with E-state index in [1.165, 1.54) is 17.5 Å². The van der Waals surface area contributed by atoms with Gasteiger partial charge >= 0.3 is 0 Å². The van der Waals surface area contributed by atoms with Crippen molar-refractivity contribution in [1.29, 1.82) is 5.26 Å². The van der Waals surface area contributed by atoms with Gasteiger partial charge in [-0.25, -0.2) is 9.97 Å². The Hall–Kier alpha value is -2.49. The van der Waals surface area contributed by atoms with Crippen LogP contribution >= 0.6 is 22.9 Å². The number of nitrogens with one attached hydrogen (secondary N) is 1. The van der Waals surface area contributed by atoms with Gasteiger partial charge in [0.05, 0.1) is 23.0 Å². The predicted molar refractivity (Wildman–Crippen MR) is 81.5 cm³/mol.